The first-order valence-electron chi connectivity index (χ1n) is 10.2. The topological polar surface area (TPSA) is 38.8 Å². The molecule has 1 atom stereocenters. The molecular formula is C23H37NO3. The van der Waals surface area contributed by atoms with Crippen molar-refractivity contribution in [3.05, 3.63) is 24.3 Å². The van der Waals surface area contributed by atoms with Crippen LogP contribution >= 0.6 is 0 Å². The average Bonchev–Trinajstić information content (AvgIpc) is 2.65. The molecule has 0 aromatic rings. The van der Waals surface area contributed by atoms with E-state index in [0.717, 1.165) is 52.0 Å². The zero-order chi connectivity index (χ0) is 20.1. The summed E-state index contributed by atoms with van der Waals surface area (Å²) in [6.07, 6.45) is 12.3. The number of piperidine rings is 1. The van der Waals surface area contributed by atoms with Crippen molar-refractivity contribution >= 4 is 6.09 Å². The number of nitrogens with zero attached hydrogens (tertiary/aromatic N) is 1. The highest BCUT2D eigenvalue weighted by Gasteiger charge is 2.25. The first kappa shape index (κ1) is 23.3. The molecule has 0 aromatic heterocycles. The zero-order valence-electron chi connectivity index (χ0n) is 17.8. The molecule has 0 bridgehead atoms. The van der Waals surface area contributed by atoms with E-state index in [-0.39, 0.29) is 6.09 Å². The summed E-state index contributed by atoms with van der Waals surface area (Å²) < 4.78 is 10.6. The van der Waals surface area contributed by atoms with E-state index in [4.69, 9.17) is 9.47 Å². The van der Waals surface area contributed by atoms with E-state index in [9.17, 15) is 4.79 Å². The van der Waals surface area contributed by atoms with Crippen LogP contribution in [0.2, 0.25) is 0 Å². The van der Waals surface area contributed by atoms with Crippen LogP contribution < -0.4 is 0 Å². The number of carbonyl (C=O) groups is 1. The molecule has 0 spiro atoms. The van der Waals surface area contributed by atoms with Crippen LogP contribution in [-0.2, 0) is 9.47 Å². The lowest BCUT2D eigenvalue weighted by atomic mass is 9.98. The highest BCUT2D eigenvalue weighted by molar-refractivity contribution is 5.68. The van der Waals surface area contributed by atoms with E-state index < -0.39 is 5.60 Å². The summed E-state index contributed by atoms with van der Waals surface area (Å²) in [6, 6.07) is 0. The molecule has 0 N–H and O–H groups in total. The van der Waals surface area contributed by atoms with Gasteiger partial charge in [0, 0.05) is 38.0 Å². The van der Waals surface area contributed by atoms with Crippen LogP contribution in [0.3, 0.4) is 0 Å². The molecule has 1 aliphatic carbocycles. The van der Waals surface area contributed by atoms with Gasteiger partial charge in [0.15, 0.2) is 0 Å². The van der Waals surface area contributed by atoms with Gasteiger partial charge in [-0.2, -0.15) is 0 Å². The van der Waals surface area contributed by atoms with E-state index in [1.807, 2.05) is 27.7 Å². The number of carbonyl (C=O) groups excluding carboxylic acids is 1. The van der Waals surface area contributed by atoms with Crippen LogP contribution in [0.25, 0.3) is 0 Å². The molecule has 152 valence electrons. The van der Waals surface area contributed by atoms with Crippen molar-refractivity contribution in [3.63, 3.8) is 0 Å². The van der Waals surface area contributed by atoms with Gasteiger partial charge in [-0.15, -0.1) is 5.92 Å². The molecule has 1 aliphatic heterocycles. The summed E-state index contributed by atoms with van der Waals surface area (Å²) in [5, 5.41) is 0. The number of amides is 1. The van der Waals surface area contributed by atoms with Gasteiger partial charge in [0.05, 0.1) is 6.61 Å². The summed E-state index contributed by atoms with van der Waals surface area (Å²) >= 11 is 0. The Kier molecular flexibility index (Phi) is 10.9. The van der Waals surface area contributed by atoms with Gasteiger partial charge in [0.25, 0.3) is 0 Å². The molecule has 4 heteroatoms. The Morgan fingerprint density at radius 3 is 2.41 bits per heavy atom. The molecule has 0 saturated carbocycles. The second-order valence-electron chi connectivity index (χ2n) is 7.88. The predicted molar refractivity (Wildman–Crippen MR) is 111 cm³/mol. The van der Waals surface area contributed by atoms with Gasteiger partial charge in [0.1, 0.15) is 5.60 Å². The molecule has 0 aromatic carbocycles. The lowest BCUT2D eigenvalue weighted by molar-refractivity contribution is 0.0199. The van der Waals surface area contributed by atoms with Crippen LogP contribution in [0.5, 0.6) is 0 Å². The first-order chi connectivity index (χ1) is 12.9. The molecular weight excluding hydrogens is 338 g/mol. The Hall–Kier alpha value is -1.73. The third kappa shape index (κ3) is 10.9. The number of ether oxygens (including phenoxy) is 2. The third-order valence-corrected chi connectivity index (χ3v) is 4.23. The standard InChI is InChI=1S/C14H23NO2.C9H14O/c1-5-6-7-12-8-10-15(11-9-12)13(16)17-14(2,3)4;1-2-10-8-9-6-4-3-5-7-9/h12H,5,8-11H2,1-4H3;3-6,9H,2,7-8H2,1H3. The maximum atomic E-state index is 11.8. The van der Waals surface area contributed by atoms with Crippen LogP contribution in [0.1, 0.15) is 60.3 Å². The number of hydrogen-bond acceptors (Lipinski definition) is 3. The van der Waals surface area contributed by atoms with Gasteiger partial charge < -0.3 is 14.4 Å². The Morgan fingerprint density at radius 2 is 1.89 bits per heavy atom. The third-order valence-electron chi connectivity index (χ3n) is 4.23. The highest BCUT2D eigenvalue weighted by atomic mass is 16.6. The van der Waals surface area contributed by atoms with Crippen molar-refractivity contribution in [2.24, 2.45) is 11.8 Å². The van der Waals surface area contributed by atoms with Crippen molar-refractivity contribution in [2.75, 3.05) is 26.3 Å². The molecule has 1 fully saturated rings. The summed E-state index contributed by atoms with van der Waals surface area (Å²) in [6.45, 7) is 13.0. The van der Waals surface area contributed by atoms with E-state index >= 15 is 0 Å². The van der Waals surface area contributed by atoms with Crippen molar-refractivity contribution in [1.82, 2.24) is 4.90 Å². The highest BCUT2D eigenvalue weighted by Crippen LogP contribution is 2.19. The molecule has 2 rings (SSSR count). The summed E-state index contributed by atoms with van der Waals surface area (Å²) in [7, 11) is 0. The number of hydrogen-bond donors (Lipinski definition) is 0. The fraction of sp³-hybridized carbons (Fsp3) is 0.696. The van der Waals surface area contributed by atoms with Gasteiger partial charge in [-0.3, -0.25) is 0 Å². The smallest absolute Gasteiger partial charge is 0.410 e. The predicted octanol–water partition coefficient (Wildman–Crippen LogP) is 5.20. The largest absolute Gasteiger partial charge is 0.444 e. The lowest BCUT2D eigenvalue weighted by Gasteiger charge is -2.31. The molecule has 1 unspecified atom stereocenters. The van der Waals surface area contributed by atoms with Crippen LogP contribution in [0.4, 0.5) is 4.79 Å². The lowest BCUT2D eigenvalue weighted by Crippen LogP contribution is -2.41. The van der Waals surface area contributed by atoms with Gasteiger partial charge in [-0.05, 0) is 47.0 Å². The first-order valence-corrected chi connectivity index (χ1v) is 10.2. The average molecular weight is 376 g/mol. The second-order valence-corrected chi connectivity index (χ2v) is 7.88. The normalized spacial score (nSPS) is 19.6. The molecule has 1 heterocycles. The summed E-state index contributed by atoms with van der Waals surface area (Å²) in [5.74, 6) is 7.43. The molecule has 0 radical (unpaired) electrons. The van der Waals surface area contributed by atoms with Crippen LogP contribution in [-0.4, -0.2) is 42.9 Å². The second kappa shape index (κ2) is 12.6. The van der Waals surface area contributed by atoms with Gasteiger partial charge >= 0.3 is 6.09 Å². The maximum Gasteiger partial charge on any atom is 0.410 e. The Bertz CT molecular complexity index is 540. The zero-order valence-corrected chi connectivity index (χ0v) is 17.8. The van der Waals surface area contributed by atoms with Gasteiger partial charge in [-0.25, -0.2) is 4.79 Å². The Balaban J connectivity index is 0.000000309. The molecule has 1 saturated heterocycles. The minimum absolute atomic E-state index is 0.195. The fourth-order valence-electron chi connectivity index (χ4n) is 2.80. The minimum Gasteiger partial charge on any atom is -0.444 e. The van der Waals surface area contributed by atoms with Crippen molar-refractivity contribution in [3.8, 4) is 11.8 Å². The van der Waals surface area contributed by atoms with Gasteiger partial charge in [0.2, 0.25) is 0 Å². The SMILES string of the molecule is CCC#CC1CCN(C(=O)OC(C)(C)C)CC1.CCOCC1C=CC=CC1. The summed E-state index contributed by atoms with van der Waals surface area (Å²) in [5.41, 5.74) is -0.407. The molecule has 27 heavy (non-hydrogen) atoms. The van der Waals surface area contributed by atoms with Crippen molar-refractivity contribution < 1.29 is 14.3 Å². The number of allylic oxidation sites excluding steroid dienone is 3. The van der Waals surface area contributed by atoms with E-state index in [0.29, 0.717) is 11.8 Å². The Labute approximate surface area is 166 Å². The Morgan fingerprint density at radius 1 is 1.19 bits per heavy atom. The minimum atomic E-state index is -0.407. The fourth-order valence-corrected chi connectivity index (χ4v) is 2.80. The van der Waals surface area contributed by atoms with Crippen molar-refractivity contribution in [2.45, 2.75) is 65.9 Å². The van der Waals surface area contributed by atoms with E-state index in [2.05, 4.69) is 43.1 Å². The quantitative estimate of drug-likeness (QED) is 0.636. The number of rotatable bonds is 3. The molecule has 4 nitrogen and oxygen atoms in total. The molecule has 2 aliphatic rings. The summed E-state index contributed by atoms with van der Waals surface area (Å²) in [4.78, 5) is 13.6. The van der Waals surface area contributed by atoms with Crippen LogP contribution in [0, 0.1) is 23.7 Å². The monoisotopic (exact) mass is 375 g/mol. The number of likely N-dealkylation sites (tertiary alicyclic amines) is 1. The van der Waals surface area contributed by atoms with E-state index in [1.165, 1.54) is 0 Å². The molecule has 1 amide bonds. The van der Waals surface area contributed by atoms with Crippen molar-refractivity contribution in [1.29, 1.82) is 0 Å². The van der Waals surface area contributed by atoms with E-state index in [1.54, 1.807) is 4.90 Å². The van der Waals surface area contributed by atoms with Gasteiger partial charge in [-0.1, -0.05) is 37.1 Å². The maximum absolute atomic E-state index is 11.8. The van der Waals surface area contributed by atoms with Crippen LogP contribution in [0.15, 0.2) is 24.3 Å².